The summed E-state index contributed by atoms with van der Waals surface area (Å²) >= 11 is 0. The summed E-state index contributed by atoms with van der Waals surface area (Å²) in [6, 6.07) is -0.848. The van der Waals surface area contributed by atoms with E-state index in [1.807, 2.05) is 0 Å². The van der Waals surface area contributed by atoms with Gasteiger partial charge in [-0.1, -0.05) is 25.7 Å². The normalized spacial score (nSPS) is 14.9. The Morgan fingerprint density at radius 3 is 2.04 bits per heavy atom. The lowest BCUT2D eigenvalue weighted by atomic mass is 10.0. The van der Waals surface area contributed by atoms with Crippen LogP contribution < -0.4 is 26.6 Å². The Balaban J connectivity index is 4.18. The first-order chi connectivity index (χ1) is 25.2. The second-order valence-corrected chi connectivity index (χ2v) is 12.7. The molecule has 0 radical (unpaired) electrons. The number of ether oxygens (including phenoxy) is 5. The first-order valence-electron chi connectivity index (χ1n) is 18.5. The molecule has 0 aliphatic heterocycles. The van der Waals surface area contributed by atoms with E-state index in [9.17, 15) is 34.5 Å². The molecule has 0 aliphatic carbocycles. The van der Waals surface area contributed by atoms with Crippen LogP contribution in [0.3, 0.4) is 0 Å². The van der Waals surface area contributed by atoms with Crippen molar-refractivity contribution >= 4 is 24.5 Å². The Kier molecular flexibility index (Phi) is 32.9. The molecule has 0 rings (SSSR count). The summed E-state index contributed by atoms with van der Waals surface area (Å²) in [7, 11) is 3.11. The van der Waals surface area contributed by atoms with Crippen LogP contribution in [0.25, 0.3) is 0 Å². The number of aldehydes is 1. The van der Waals surface area contributed by atoms with E-state index < -0.39 is 36.5 Å². The molecule has 52 heavy (non-hydrogen) atoms. The largest absolute Gasteiger partial charge is 0.394 e. The molecule has 0 bridgehead atoms. The maximum absolute atomic E-state index is 12.3. The third-order valence-corrected chi connectivity index (χ3v) is 8.27. The number of aliphatic hydroxyl groups excluding tert-OH is 3. The molecule has 8 N–H and O–H groups in total. The number of unbranched alkanes of at least 4 members (excludes halogenated alkanes) is 5. The minimum absolute atomic E-state index is 0.00948. The number of amides is 3. The Labute approximate surface area is 309 Å². The minimum atomic E-state index is -1.39. The molecule has 0 aromatic carbocycles. The van der Waals surface area contributed by atoms with E-state index >= 15 is 0 Å². The van der Waals surface area contributed by atoms with E-state index in [4.69, 9.17) is 23.7 Å². The number of aliphatic hydroxyl groups is 3. The highest BCUT2D eigenvalue weighted by atomic mass is 16.5. The standard InChI is InChI=1S/C35H69N5O12/c1-29(44)40-30(33(46)34(47)31(23-42)48-3)24-49-19-9-7-5-4-6-8-17-39-32(45)13-22-52-27-35(36-2,26-51-21-12-18-41)25-50-20-11-16-37-14-10-15-38-28-43/h18,28,30-31,33-34,36-37,42,46-47H,4-17,19-27H2,1-3H3,(H,38,43)(H,39,45)(H,40,44). The second kappa shape index (κ2) is 34.4. The van der Waals surface area contributed by atoms with Crippen molar-refractivity contribution in [2.75, 3.05) is 99.8 Å². The summed E-state index contributed by atoms with van der Waals surface area (Å²) in [4.78, 5) is 44.8. The number of methoxy groups -OCH3 is 1. The molecular formula is C35H69N5O12. The lowest BCUT2D eigenvalue weighted by molar-refractivity contribution is -0.127. The number of nitrogens with one attached hydrogen (secondary N) is 5. The molecule has 0 saturated heterocycles. The molecule has 306 valence electrons. The van der Waals surface area contributed by atoms with Gasteiger partial charge in [-0.3, -0.25) is 14.4 Å². The first kappa shape index (κ1) is 49.7. The zero-order valence-electron chi connectivity index (χ0n) is 31.7. The predicted molar refractivity (Wildman–Crippen MR) is 195 cm³/mol. The molecule has 5 unspecified atom stereocenters. The fourth-order valence-corrected chi connectivity index (χ4v) is 5.07. The predicted octanol–water partition coefficient (Wildman–Crippen LogP) is -1.20. The lowest BCUT2D eigenvalue weighted by Gasteiger charge is -2.33. The third-order valence-electron chi connectivity index (χ3n) is 8.27. The second-order valence-electron chi connectivity index (χ2n) is 12.7. The van der Waals surface area contributed by atoms with Gasteiger partial charge in [-0.2, -0.15) is 0 Å². The van der Waals surface area contributed by atoms with Gasteiger partial charge in [0.05, 0.1) is 57.8 Å². The smallest absolute Gasteiger partial charge is 0.222 e. The number of carbonyl (C=O) groups excluding carboxylic acids is 4. The zero-order chi connectivity index (χ0) is 38.7. The average Bonchev–Trinajstić information content (AvgIpc) is 3.14. The molecule has 0 spiro atoms. The van der Waals surface area contributed by atoms with Gasteiger partial charge >= 0.3 is 0 Å². The molecule has 0 saturated carbocycles. The van der Waals surface area contributed by atoms with Crippen LogP contribution in [0.1, 0.15) is 71.1 Å². The fraction of sp³-hybridized carbons (Fsp3) is 0.886. The first-order valence-corrected chi connectivity index (χ1v) is 18.5. The highest BCUT2D eigenvalue weighted by molar-refractivity contribution is 5.75. The van der Waals surface area contributed by atoms with E-state index in [1.54, 1.807) is 7.05 Å². The summed E-state index contributed by atoms with van der Waals surface area (Å²) in [6.07, 6.45) is 5.55. The van der Waals surface area contributed by atoms with Crippen molar-refractivity contribution in [1.82, 2.24) is 26.6 Å². The molecule has 3 amide bonds. The van der Waals surface area contributed by atoms with Crippen molar-refractivity contribution in [2.24, 2.45) is 0 Å². The van der Waals surface area contributed by atoms with Crippen molar-refractivity contribution in [3.05, 3.63) is 0 Å². The Bertz CT molecular complexity index is 889. The van der Waals surface area contributed by atoms with Crippen molar-refractivity contribution < 1.29 is 58.2 Å². The quantitative estimate of drug-likeness (QED) is 0.0272. The highest BCUT2D eigenvalue weighted by Crippen LogP contribution is 2.11. The Morgan fingerprint density at radius 2 is 1.40 bits per heavy atom. The van der Waals surface area contributed by atoms with Crippen LogP contribution >= 0.6 is 0 Å². The monoisotopic (exact) mass is 751 g/mol. The zero-order valence-corrected chi connectivity index (χ0v) is 31.7. The van der Waals surface area contributed by atoms with Crippen LogP contribution in [0.2, 0.25) is 0 Å². The van der Waals surface area contributed by atoms with Crippen LogP contribution in [-0.4, -0.2) is 170 Å². The van der Waals surface area contributed by atoms with Gasteiger partial charge in [-0.05, 0) is 45.8 Å². The molecule has 0 fully saturated rings. The van der Waals surface area contributed by atoms with E-state index in [2.05, 4.69) is 26.6 Å². The maximum atomic E-state index is 12.3. The fourth-order valence-electron chi connectivity index (χ4n) is 5.07. The lowest BCUT2D eigenvalue weighted by Crippen LogP contribution is -2.55. The number of rotatable bonds is 39. The summed E-state index contributed by atoms with van der Waals surface area (Å²) in [5.41, 5.74) is -0.629. The van der Waals surface area contributed by atoms with Gasteiger partial charge in [0.2, 0.25) is 18.2 Å². The van der Waals surface area contributed by atoms with E-state index in [0.717, 1.165) is 70.7 Å². The van der Waals surface area contributed by atoms with Crippen LogP contribution in [0.5, 0.6) is 0 Å². The Hall–Kier alpha value is -2.32. The minimum Gasteiger partial charge on any atom is -0.394 e. The molecule has 0 aliphatic rings. The van der Waals surface area contributed by atoms with Gasteiger partial charge in [0, 0.05) is 53.2 Å². The van der Waals surface area contributed by atoms with Gasteiger partial charge in [0.15, 0.2) is 0 Å². The van der Waals surface area contributed by atoms with Crippen LogP contribution in [-0.2, 0) is 42.9 Å². The van der Waals surface area contributed by atoms with E-state index in [-0.39, 0.29) is 44.7 Å². The van der Waals surface area contributed by atoms with Crippen LogP contribution in [0.4, 0.5) is 0 Å². The molecular weight excluding hydrogens is 682 g/mol. The SMILES string of the molecule is CNC(COCCC=O)(COCCCNCCCNC=O)COCCC(=O)NCCCCCCCCOCC(NC(C)=O)C(O)C(O)C(CO)OC. The van der Waals surface area contributed by atoms with Gasteiger partial charge in [-0.25, -0.2) is 0 Å². The van der Waals surface area contributed by atoms with Crippen molar-refractivity contribution in [2.45, 2.75) is 101 Å². The van der Waals surface area contributed by atoms with Gasteiger partial charge in [0.25, 0.3) is 0 Å². The molecule has 17 heteroatoms. The average molecular weight is 752 g/mol. The summed E-state index contributed by atoms with van der Waals surface area (Å²) in [5.74, 6) is -0.454. The van der Waals surface area contributed by atoms with Crippen molar-refractivity contribution in [3.8, 4) is 0 Å². The molecule has 0 heterocycles. The van der Waals surface area contributed by atoms with Crippen LogP contribution in [0, 0.1) is 0 Å². The number of likely N-dealkylation sites (N-methyl/N-ethyl adjacent to an activating group) is 1. The summed E-state index contributed by atoms with van der Waals surface area (Å²) in [5, 5.41) is 44.7. The maximum Gasteiger partial charge on any atom is 0.222 e. The molecule has 0 aromatic heterocycles. The molecule has 0 aromatic rings. The van der Waals surface area contributed by atoms with Crippen LogP contribution in [0.15, 0.2) is 0 Å². The molecule has 17 nitrogen and oxygen atoms in total. The highest BCUT2D eigenvalue weighted by Gasteiger charge is 2.33. The van der Waals surface area contributed by atoms with Gasteiger partial charge in [0.1, 0.15) is 24.6 Å². The van der Waals surface area contributed by atoms with Gasteiger partial charge < -0.3 is 70.4 Å². The number of carbonyl (C=O) groups is 4. The number of hydrogen-bond donors (Lipinski definition) is 8. The van der Waals surface area contributed by atoms with Crippen molar-refractivity contribution in [1.29, 1.82) is 0 Å². The molecule has 5 atom stereocenters. The number of hydrogen-bond acceptors (Lipinski definition) is 14. The van der Waals surface area contributed by atoms with E-state index in [1.165, 1.54) is 14.0 Å². The third kappa shape index (κ3) is 26.4. The van der Waals surface area contributed by atoms with Gasteiger partial charge in [-0.15, -0.1) is 0 Å². The topological polar surface area (TPSA) is 235 Å². The summed E-state index contributed by atoms with van der Waals surface area (Å²) in [6.45, 7) is 6.08. The Morgan fingerprint density at radius 1 is 0.769 bits per heavy atom. The summed E-state index contributed by atoms with van der Waals surface area (Å²) < 4.78 is 28.1. The van der Waals surface area contributed by atoms with E-state index in [0.29, 0.717) is 52.3 Å². The van der Waals surface area contributed by atoms with Crippen molar-refractivity contribution in [3.63, 3.8) is 0 Å².